The molecule has 0 spiro atoms. The van der Waals surface area contributed by atoms with Crippen molar-refractivity contribution in [2.45, 2.75) is 26.9 Å². The Morgan fingerprint density at radius 2 is 1.86 bits per heavy atom. The van der Waals surface area contributed by atoms with Crippen LogP contribution in [0.15, 0.2) is 65.9 Å². The average Bonchev–Trinajstić information content (AvgIpc) is 3.22. The lowest BCUT2D eigenvalue weighted by molar-refractivity contribution is 0.340. The van der Waals surface area contributed by atoms with Crippen molar-refractivity contribution in [3.8, 4) is 11.4 Å². The summed E-state index contributed by atoms with van der Waals surface area (Å²) in [5, 5.41) is 11.6. The predicted octanol–water partition coefficient (Wildman–Crippen LogP) is 3.26. The Balaban J connectivity index is 1.71. The van der Waals surface area contributed by atoms with Gasteiger partial charge in [0.05, 0.1) is 6.61 Å². The van der Waals surface area contributed by atoms with Crippen LogP contribution in [0.1, 0.15) is 25.2 Å². The molecule has 2 aromatic carbocycles. The lowest BCUT2D eigenvalue weighted by Crippen LogP contribution is -2.38. The van der Waals surface area contributed by atoms with Crippen LogP contribution >= 0.6 is 0 Å². The molecular formula is C22H28N6O. The first-order valence-corrected chi connectivity index (χ1v) is 9.86. The van der Waals surface area contributed by atoms with Gasteiger partial charge in [-0.3, -0.25) is 4.57 Å². The van der Waals surface area contributed by atoms with Gasteiger partial charge in [-0.1, -0.05) is 30.3 Å². The molecule has 152 valence electrons. The Kier molecular flexibility index (Phi) is 7.22. The highest BCUT2D eigenvalue weighted by molar-refractivity contribution is 5.79. The van der Waals surface area contributed by atoms with Gasteiger partial charge in [0, 0.05) is 25.8 Å². The maximum atomic E-state index is 5.51. The summed E-state index contributed by atoms with van der Waals surface area (Å²) in [6.45, 7) is 6.68. The Morgan fingerprint density at radius 3 is 2.55 bits per heavy atom. The molecule has 0 fully saturated rings. The van der Waals surface area contributed by atoms with Crippen LogP contribution in [0.2, 0.25) is 0 Å². The largest absolute Gasteiger partial charge is 0.494 e. The number of hydrogen-bond acceptors (Lipinski definition) is 4. The average molecular weight is 393 g/mol. The molecule has 0 amide bonds. The van der Waals surface area contributed by atoms with Crippen molar-refractivity contribution in [1.29, 1.82) is 0 Å². The van der Waals surface area contributed by atoms with E-state index < -0.39 is 0 Å². The molecule has 0 unspecified atom stereocenters. The molecule has 29 heavy (non-hydrogen) atoms. The van der Waals surface area contributed by atoms with Crippen molar-refractivity contribution in [2.75, 3.05) is 20.2 Å². The summed E-state index contributed by atoms with van der Waals surface area (Å²) in [5.74, 6) is 2.50. The smallest absolute Gasteiger partial charge is 0.194 e. The van der Waals surface area contributed by atoms with Gasteiger partial charge in [0.2, 0.25) is 0 Å². The first-order chi connectivity index (χ1) is 14.2. The van der Waals surface area contributed by atoms with Crippen molar-refractivity contribution in [1.82, 2.24) is 25.0 Å². The Labute approximate surface area is 172 Å². The van der Waals surface area contributed by atoms with E-state index in [0.717, 1.165) is 36.3 Å². The van der Waals surface area contributed by atoms with Crippen LogP contribution in [-0.4, -0.2) is 45.8 Å². The highest BCUT2D eigenvalue weighted by atomic mass is 16.5. The number of hydrogen-bond donors (Lipinski definition) is 1. The number of aliphatic imine (C=N–C) groups is 1. The quantitative estimate of drug-likeness (QED) is 0.471. The van der Waals surface area contributed by atoms with Gasteiger partial charge in [0.15, 0.2) is 11.8 Å². The summed E-state index contributed by atoms with van der Waals surface area (Å²) in [6, 6.07) is 18.2. The van der Waals surface area contributed by atoms with E-state index in [0.29, 0.717) is 13.2 Å². The second-order valence-electron chi connectivity index (χ2n) is 6.56. The Morgan fingerprint density at radius 1 is 1.10 bits per heavy atom. The van der Waals surface area contributed by atoms with E-state index in [4.69, 9.17) is 9.73 Å². The SMILES string of the molecule is CCNC(=NCc1nncn1-c1ccccc1)N(C)Cc1ccc(OCC)cc1. The minimum absolute atomic E-state index is 0.435. The molecule has 7 nitrogen and oxygen atoms in total. The molecule has 0 bridgehead atoms. The first-order valence-electron chi connectivity index (χ1n) is 9.86. The van der Waals surface area contributed by atoms with Crippen molar-refractivity contribution in [3.63, 3.8) is 0 Å². The fourth-order valence-corrected chi connectivity index (χ4v) is 2.99. The fraction of sp³-hybridized carbons (Fsp3) is 0.318. The maximum Gasteiger partial charge on any atom is 0.194 e. The normalized spacial score (nSPS) is 11.3. The number of guanidine groups is 1. The number of benzene rings is 2. The third kappa shape index (κ3) is 5.57. The van der Waals surface area contributed by atoms with E-state index in [2.05, 4.69) is 39.5 Å². The number of nitrogens with one attached hydrogen (secondary N) is 1. The van der Waals surface area contributed by atoms with Crippen molar-refractivity contribution < 1.29 is 4.74 Å². The fourth-order valence-electron chi connectivity index (χ4n) is 2.99. The second kappa shape index (κ2) is 10.3. The molecule has 0 aliphatic rings. The van der Waals surface area contributed by atoms with Crippen molar-refractivity contribution in [3.05, 3.63) is 72.3 Å². The van der Waals surface area contributed by atoms with Crippen LogP contribution < -0.4 is 10.1 Å². The zero-order valence-electron chi connectivity index (χ0n) is 17.2. The highest BCUT2D eigenvalue weighted by Gasteiger charge is 2.10. The summed E-state index contributed by atoms with van der Waals surface area (Å²) in [6.07, 6.45) is 1.72. The minimum Gasteiger partial charge on any atom is -0.494 e. The van der Waals surface area contributed by atoms with Gasteiger partial charge in [-0.05, 0) is 43.7 Å². The molecule has 0 aliphatic heterocycles. The van der Waals surface area contributed by atoms with Crippen LogP contribution in [0.25, 0.3) is 5.69 Å². The standard InChI is InChI=1S/C22H28N6O/c1-4-23-22(27(3)16-18-11-13-20(14-12-18)29-5-2)24-15-21-26-25-17-28(21)19-9-7-6-8-10-19/h6-14,17H,4-5,15-16H2,1-3H3,(H,23,24). The van der Waals surface area contributed by atoms with Gasteiger partial charge in [0.1, 0.15) is 18.6 Å². The van der Waals surface area contributed by atoms with Gasteiger partial charge in [-0.25, -0.2) is 4.99 Å². The number of aromatic nitrogens is 3. The molecule has 1 N–H and O–H groups in total. The lowest BCUT2D eigenvalue weighted by Gasteiger charge is -2.22. The summed E-state index contributed by atoms with van der Waals surface area (Å²) in [7, 11) is 2.03. The number of ether oxygens (including phenoxy) is 1. The molecule has 7 heteroatoms. The molecule has 1 heterocycles. The predicted molar refractivity (Wildman–Crippen MR) is 115 cm³/mol. The van der Waals surface area contributed by atoms with Crippen LogP contribution in [0.5, 0.6) is 5.75 Å². The maximum absolute atomic E-state index is 5.51. The minimum atomic E-state index is 0.435. The van der Waals surface area contributed by atoms with E-state index in [9.17, 15) is 0 Å². The molecule has 3 rings (SSSR count). The number of nitrogens with zero attached hydrogens (tertiary/aromatic N) is 5. The summed E-state index contributed by atoms with van der Waals surface area (Å²) < 4.78 is 7.47. The Hall–Kier alpha value is -3.35. The third-order valence-electron chi connectivity index (χ3n) is 4.37. The zero-order chi connectivity index (χ0) is 20.5. The van der Waals surface area contributed by atoms with Crippen LogP contribution in [-0.2, 0) is 13.1 Å². The molecular weight excluding hydrogens is 364 g/mol. The van der Waals surface area contributed by atoms with E-state index in [1.807, 2.05) is 61.0 Å². The van der Waals surface area contributed by atoms with Crippen LogP contribution in [0, 0.1) is 0 Å². The van der Waals surface area contributed by atoms with E-state index in [1.165, 1.54) is 5.56 Å². The topological polar surface area (TPSA) is 67.6 Å². The Bertz CT molecular complexity index is 905. The van der Waals surface area contributed by atoms with Gasteiger partial charge in [-0.2, -0.15) is 0 Å². The molecule has 0 saturated carbocycles. The molecule has 0 atom stereocenters. The van der Waals surface area contributed by atoms with E-state index in [-0.39, 0.29) is 0 Å². The molecule has 3 aromatic rings. The molecule has 0 radical (unpaired) electrons. The van der Waals surface area contributed by atoms with Gasteiger partial charge >= 0.3 is 0 Å². The third-order valence-corrected chi connectivity index (χ3v) is 4.37. The van der Waals surface area contributed by atoms with Crippen LogP contribution in [0.3, 0.4) is 0 Å². The van der Waals surface area contributed by atoms with Crippen LogP contribution in [0.4, 0.5) is 0 Å². The van der Waals surface area contributed by atoms with Crippen molar-refractivity contribution >= 4 is 5.96 Å². The molecule has 0 saturated heterocycles. The second-order valence-corrected chi connectivity index (χ2v) is 6.56. The summed E-state index contributed by atoms with van der Waals surface area (Å²) >= 11 is 0. The van der Waals surface area contributed by atoms with E-state index in [1.54, 1.807) is 6.33 Å². The highest BCUT2D eigenvalue weighted by Crippen LogP contribution is 2.14. The molecule has 1 aromatic heterocycles. The summed E-state index contributed by atoms with van der Waals surface area (Å²) in [5.41, 5.74) is 2.21. The zero-order valence-corrected chi connectivity index (χ0v) is 17.2. The van der Waals surface area contributed by atoms with Gasteiger partial charge < -0.3 is 15.0 Å². The van der Waals surface area contributed by atoms with Gasteiger partial charge in [-0.15, -0.1) is 10.2 Å². The molecule has 0 aliphatic carbocycles. The first kappa shape index (κ1) is 20.4. The monoisotopic (exact) mass is 392 g/mol. The number of rotatable bonds is 8. The van der Waals surface area contributed by atoms with Crippen molar-refractivity contribution in [2.24, 2.45) is 4.99 Å². The van der Waals surface area contributed by atoms with Gasteiger partial charge in [0.25, 0.3) is 0 Å². The number of para-hydroxylation sites is 1. The lowest BCUT2D eigenvalue weighted by atomic mass is 10.2. The van der Waals surface area contributed by atoms with E-state index >= 15 is 0 Å². The summed E-state index contributed by atoms with van der Waals surface area (Å²) in [4.78, 5) is 6.87.